The average Bonchev–Trinajstić information content (AvgIpc) is 2.51. The van der Waals surface area contributed by atoms with Crippen LogP contribution in [-0.4, -0.2) is 17.6 Å². The number of aryl methyl sites for hydroxylation is 1. The molecule has 2 aromatic rings. The first-order valence-electron chi connectivity index (χ1n) is 7.21. The lowest BCUT2D eigenvalue weighted by molar-refractivity contribution is 0.0692. The lowest BCUT2D eigenvalue weighted by Gasteiger charge is -2.33. The van der Waals surface area contributed by atoms with Crippen molar-refractivity contribution in [2.24, 2.45) is 0 Å². The molecule has 0 radical (unpaired) electrons. The van der Waals surface area contributed by atoms with Crippen molar-refractivity contribution in [3.8, 4) is 0 Å². The SMILES string of the molecule is O=C(O)c1c(F)c(Cl)cc2c1N(Cc1ccc(F)cc1)CCC2. The van der Waals surface area contributed by atoms with E-state index >= 15 is 0 Å². The van der Waals surface area contributed by atoms with Crippen molar-refractivity contribution in [2.45, 2.75) is 19.4 Å². The fourth-order valence-corrected chi connectivity index (χ4v) is 3.18. The fraction of sp³-hybridized carbons (Fsp3) is 0.235. The molecule has 0 amide bonds. The standard InChI is InChI=1S/C17H14ClF2NO2/c18-13-8-11-2-1-7-21(9-10-3-5-12(19)6-4-10)16(11)14(15(13)20)17(22)23/h3-6,8H,1-2,7,9H2,(H,22,23). The largest absolute Gasteiger partial charge is 0.478 e. The molecule has 1 heterocycles. The highest BCUT2D eigenvalue weighted by Crippen LogP contribution is 2.37. The Bertz CT molecular complexity index is 762. The van der Waals surface area contributed by atoms with Gasteiger partial charge in [-0.2, -0.15) is 0 Å². The van der Waals surface area contributed by atoms with Gasteiger partial charge in [0, 0.05) is 13.1 Å². The number of fused-ring (bicyclic) bond motifs is 1. The van der Waals surface area contributed by atoms with Crippen LogP contribution < -0.4 is 4.90 Å². The Morgan fingerprint density at radius 3 is 2.61 bits per heavy atom. The first kappa shape index (κ1) is 15.7. The maximum absolute atomic E-state index is 14.2. The highest BCUT2D eigenvalue weighted by molar-refractivity contribution is 6.31. The molecule has 1 aliphatic rings. The van der Waals surface area contributed by atoms with Crippen LogP contribution in [0.3, 0.4) is 0 Å². The molecule has 0 aromatic heterocycles. The van der Waals surface area contributed by atoms with E-state index in [9.17, 15) is 18.7 Å². The van der Waals surface area contributed by atoms with Gasteiger partial charge in [-0.3, -0.25) is 0 Å². The van der Waals surface area contributed by atoms with Crippen molar-refractivity contribution < 1.29 is 18.7 Å². The molecule has 1 N–H and O–H groups in total. The number of nitrogens with zero attached hydrogens (tertiary/aromatic N) is 1. The topological polar surface area (TPSA) is 40.5 Å². The molecule has 3 rings (SSSR count). The predicted octanol–water partition coefficient (Wildman–Crippen LogP) is 4.27. The van der Waals surface area contributed by atoms with Crippen molar-refractivity contribution in [1.82, 2.24) is 0 Å². The minimum Gasteiger partial charge on any atom is -0.478 e. The van der Waals surface area contributed by atoms with Crippen molar-refractivity contribution in [2.75, 3.05) is 11.4 Å². The van der Waals surface area contributed by atoms with Crippen LogP contribution in [0, 0.1) is 11.6 Å². The van der Waals surface area contributed by atoms with Crippen LogP contribution >= 0.6 is 11.6 Å². The second-order valence-corrected chi connectivity index (χ2v) is 5.92. The second kappa shape index (κ2) is 6.16. The molecule has 2 aromatic carbocycles. The number of halogens is 3. The average molecular weight is 338 g/mol. The molecule has 3 nitrogen and oxygen atoms in total. The molecular formula is C17H14ClF2NO2. The van der Waals surface area contributed by atoms with E-state index in [2.05, 4.69) is 0 Å². The Balaban J connectivity index is 2.05. The summed E-state index contributed by atoms with van der Waals surface area (Å²) < 4.78 is 27.2. The third-order valence-corrected chi connectivity index (χ3v) is 4.24. The van der Waals surface area contributed by atoms with E-state index in [0.717, 1.165) is 17.5 Å². The number of carbonyl (C=O) groups is 1. The van der Waals surface area contributed by atoms with Crippen LogP contribution in [0.4, 0.5) is 14.5 Å². The van der Waals surface area contributed by atoms with E-state index in [1.165, 1.54) is 18.2 Å². The van der Waals surface area contributed by atoms with Gasteiger partial charge in [0.25, 0.3) is 0 Å². The summed E-state index contributed by atoms with van der Waals surface area (Å²) in [6.45, 7) is 0.986. The van der Waals surface area contributed by atoms with Gasteiger partial charge in [0.05, 0.1) is 10.7 Å². The van der Waals surface area contributed by atoms with E-state index in [1.807, 2.05) is 4.90 Å². The number of anilines is 1. The Hall–Kier alpha value is -2.14. The van der Waals surface area contributed by atoms with Gasteiger partial charge in [0.15, 0.2) is 5.82 Å². The van der Waals surface area contributed by atoms with Gasteiger partial charge in [0.1, 0.15) is 11.4 Å². The molecule has 120 valence electrons. The van der Waals surface area contributed by atoms with Crippen LogP contribution in [0.2, 0.25) is 5.02 Å². The second-order valence-electron chi connectivity index (χ2n) is 5.51. The molecule has 0 fully saturated rings. The predicted molar refractivity (Wildman–Crippen MR) is 84.1 cm³/mol. The Kier molecular flexibility index (Phi) is 4.22. The molecule has 0 saturated carbocycles. The lowest BCUT2D eigenvalue weighted by atomic mass is 9.96. The fourth-order valence-electron chi connectivity index (χ4n) is 2.96. The highest BCUT2D eigenvalue weighted by atomic mass is 35.5. The number of hydrogen-bond donors (Lipinski definition) is 1. The summed E-state index contributed by atoms with van der Waals surface area (Å²) in [7, 11) is 0. The third kappa shape index (κ3) is 3.01. The maximum Gasteiger partial charge on any atom is 0.340 e. The molecule has 0 atom stereocenters. The first-order valence-corrected chi connectivity index (χ1v) is 7.58. The molecule has 6 heteroatoms. The third-order valence-electron chi connectivity index (χ3n) is 3.96. The number of benzene rings is 2. The Morgan fingerprint density at radius 1 is 1.26 bits per heavy atom. The molecular weight excluding hydrogens is 324 g/mol. The van der Waals surface area contributed by atoms with E-state index in [-0.39, 0.29) is 10.8 Å². The molecule has 1 aliphatic heterocycles. The van der Waals surface area contributed by atoms with Gasteiger partial charge in [-0.1, -0.05) is 23.7 Å². The summed E-state index contributed by atoms with van der Waals surface area (Å²) >= 11 is 5.82. The van der Waals surface area contributed by atoms with Gasteiger partial charge in [-0.05, 0) is 42.2 Å². The van der Waals surface area contributed by atoms with Gasteiger partial charge < -0.3 is 10.0 Å². The van der Waals surface area contributed by atoms with Crippen molar-refractivity contribution >= 4 is 23.3 Å². The zero-order valence-corrected chi connectivity index (χ0v) is 12.9. The lowest BCUT2D eigenvalue weighted by Crippen LogP contribution is -2.31. The van der Waals surface area contributed by atoms with Crippen molar-refractivity contribution in [1.29, 1.82) is 0 Å². The van der Waals surface area contributed by atoms with Gasteiger partial charge in [-0.25, -0.2) is 13.6 Å². The zero-order chi connectivity index (χ0) is 16.6. The summed E-state index contributed by atoms with van der Waals surface area (Å²) in [5, 5.41) is 9.22. The van der Waals surface area contributed by atoms with Gasteiger partial charge in [0.2, 0.25) is 0 Å². The number of rotatable bonds is 3. The highest BCUT2D eigenvalue weighted by Gasteiger charge is 2.28. The van der Waals surface area contributed by atoms with E-state index in [0.29, 0.717) is 25.2 Å². The molecule has 0 saturated heterocycles. The number of carboxylic acids is 1. The monoisotopic (exact) mass is 337 g/mol. The number of aromatic carboxylic acids is 1. The summed E-state index contributed by atoms with van der Waals surface area (Å²) in [4.78, 5) is 13.3. The van der Waals surface area contributed by atoms with Crippen molar-refractivity contribution in [3.63, 3.8) is 0 Å². The zero-order valence-electron chi connectivity index (χ0n) is 12.2. The van der Waals surface area contributed by atoms with Crippen molar-refractivity contribution in [3.05, 3.63) is 63.7 Å². The Morgan fingerprint density at radius 2 is 1.96 bits per heavy atom. The molecule has 0 unspecified atom stereocenters. The summed E-state index contributed by atoms with van der Waals surface area (Å²) in [6, 6.07) is 7.46. The van der Waals surface area contributed by atoms with Crippen LogP contribution in [-0.2, 0) is 13.0 Å². The smallest absolute Gasteiger partial charge is 0.340 e. The van der Waals surface area contributed by atoms with E-state index in [4.69, 9.17) is 11.6 Å². The molecule has 0 aliphatic carbocycles. The minimum atomic E-state index is -1.34. The quantitative estimate of drug-likeness (QED) is 0.909. The minimum absolute atomic E-state index is 0.176. The van der Waals surface area contributed by atoms with Crippen LogP contribution in [0.1, 0.15) is 27.9 Å². The molecule has 23 heavy (non-hydrogen) atoms. The van der Waals surface area contributed by atoms with Gasteiger partial charge >= 0.3 is 5.97 Å². The summed E-state index contributed by atoms with van der Waals surface area (Å²) in [5.74, 6) is -2.59. The van der Waals surface area contributed by atoms with E-state index < -0.39 is 17.3 Å². The first-order chi connectivity index (χ1) is 11.0. The molecule has 0 spiro atoms. The van der Waals surface area contributed by atoms with Crippen LogP contribution in [0.25, 0.3) is 0 Å². The summed E-state index contributed by atoms with van der Waals surface area (Å²) in [6.07, 6.45) is 1.46. The number of hydrogen-bond acceptors (Lipinski definition) is 2. The normalized spacial score (nSPS) is 13.8. The van der Waals surface area contributed by atoms with Crippen LogP contribution in [0.5, 0.6) is 0 Å². The van der Waals surface area contributed by atoms with Crippen LogP contribution in [0.15, 0.2) is 30.3 Å². The summed E-state index contributed by atoms with van der Waals surface area (Å²) in [5.41, 5.74) is 1.53. The molecule has 0 bridgehead atoms. The van der Waals surface area contributed by atoms with Gasteiger partial charge in [-0.15, -0.1) is 0 Å². The number of carboxylic acid groups (broad SMARTS) is 1. The Labute approximate surface area is 137 Å². The maximum atomic E-state index is 14.2. The van der Waals surface area contributed by atoms with E-state index in [1.54, 1.807) is 12.1 Å².